The average Bonchev–Trinajstić information content (AvgIpc) is 3.27. The molecule has 1 aromatic carbocycles. The molecule has 0 N–H and O–H groups in total. The molecule has 0 radical (unpaired) electrons. The summed E-state index contributed by atoms with van der Waals surface area (Å²) in [6.07, 6.45) is 0.968. The van der Waals surface area contributed by atoms with Crippen molar-refractivity contribution in [3.63, 3.8) is 0 Å². The van der Waals surface area contributed by atoms with Crippen molar-refractivity contribution in [1.82, 2.24) is 0 Å². The monoisotopic (exact) mass is 419 g/mol. The van der Waals surface area contributed by atoms with Crippen LogP contribution in [0.15, 0.2) is 30.4 Å². The summed E-state index contributed by atoms with van der Waals surface area (Å²) in [4.78, 5) is 50.9. The maximum absolute atomic E-state index is 13.4. The van der Waals surface area contributed by atoms with Crippen molar-refractivity contribution in [3.05, 3.63) is 40.9 Å². The lowest BCUT2D eigenvalue weighted by Crippen LogP contribution is -2.52. The number of carbonyl (C=O) groups excluding carboxylic acids is 4. The highest BCUT2D eigenvalue weighted by Gasteiger charge is 2.72. The van der Waals surface area contributed by atoms with E-state index < -0.39 is 53.6 Å². The van der Waals surface area contributed by atoms with E-state index in [9.17, 15) is 19.2 Å². The lowest BCUT2D eigenvalue weighted by molar-refractivity contribution is -0.226. The molecular weight excluding hydrogens is 402 g/mol. The van der Waals surface area contributed by atoms with E-state index in [1.807, 2.05) is 0 Å². The summed E-state index contributed by atoms with van der Waals surface area (Å²) in [7, 11) is 0. The van der Waals surface area contributed by atoms with Gasteiger partial charge in [0.15, 0.2) is 5.60 Å². The molecule has 152 valence electrons. The van der Waals surface area contributed by atoms with Gasteiger partial charge in [0.05, 0.1) is 23.6 Å². The minimum atomic E-state index is -1.57. The van der Waals surface area contributed by atoms with Gasteiger partial charge in [-0.2, -0.15) is 0 Å². The van der Waals surface area contributed by atoms with Gasteiger partial charge in [-0.05, 0) is 30.7 Å². The topological polar surface area (TPSA) is 99.2 Å². The van der Waals surface area contributed by atoms with Gasteiger partial charge in [0.1, 0.15) is 0 Å². The number of amides is 2. The van der Waals surface area contributed by atoms with Crippen LogP contribution in [0.25, 0.3) is 0 Å². The Morgan fingerprint density at radius 2 is 1.83 bits per heavy atom. The Hall–Kier alpha value is -2.71. The van der Waals surface area contributed by atoms with Gasteiger partial charge in [0, 0.05) is 18.9 Å². The van der Waals surface area contributed by atoms with E-state index in [2.05, 4.69) is 0 Å². The molecule has 29 heavy (non-hydrogen) atoms. The van der Waals surface area contributed by atoms with Crippen molar-refractivity contribution in [2.75, 3.05) is 4.90 Å². The molecule has 3 aliphatic heterocycles. The molecule has 3 aliphatic rings. The van der Waals surface area contributed by atoms with Gasteiger partial charge in [-0.3, -0.25) is 19.2 Å². The molecule has 2 fully saturated rings. The number of benzene rings is 1. The Kier molecular flexibility index (Phi) is 4.51. The van der Waals surface area contributed by atoms with Crippen LogP contribution in [-0.2, 0) is 33.4 Å². The molecule has 8 nitrogen and oxygen atoms in total. The number of hydrogen-bond donors (Lipinski definition) is 0. The summed E-state index contributed by atoms with van der Waals surface area (Å²) in [5.41, 5.74) is -0.489. The van der Waals surface area contributed by atoms with Crippen molar-refractivity contribution in [3.8, 4) is 0 Å². The normalized spacial score (nSPS) is 29.6. The third-order valence-corrected chi connectivity index (χ3v) is 5.64. The minimum Gasteiger partial charge on any atom is -0.422 e. The molecule has 4 atom stereocenters. The van der Waals surface area contributed by atoms with Gasteiger partial charge in [-0.1, -0.05) is 23.7 Å². The number of ether oxygens (including phenoxy) is 3. The lowest BCUT2D eigenvalue weighted by Gasteiger charge is -2.34. The van der Waals surface area contributed by atoms with Crippen LogP contribution >= 0.6 is 11.6 Å². The number of esters is 2. The molecule has 0 unspecified atom stereocenters. The summed E-state index contributed by atoms with van der Waals surface area (Å²) < 4.78 is 16.3. The lowest BCUT2D eigenvalue weighted by atomic mass is 9.76. The van der Waals surface area contributed by atoms with E-state index >= 15 is 0 Å². The second-order valence-electron chi connectivity index (χ2n) is 7.29. The third kappa shape index (κ3) is 2.86. The number of carbonyl (C=O) groups is 4. The zero-order valence-corrected chi connectivity index (χ0v) is 16.6. The number of halogens is 1. The molecule has 1 aromatic rings. The van der Waals surface area contributed by atoms with Crippen LogP contribution < -0.4 is 4.90 Å². The Labute approximate surface area is 171 Å². The van der Waals surface area contributed by atoms with Gasteiger partial charge in [0.25, 0.3) is 6.29 Å². The highest BCUT2D eigenvalue weighted by molar-refractivity contribution is 6.31. The number of aryl methyl sites for hydroxylation is 1. The fourth-order valence-corrected chi connectivity index (χ4v) is 4.44. The van der Waals surface area contributed by atoms with Crippen molar-refractivity contribution in [2.45, 2.75) is 38.8 Å². The molecule has 2 saturated heterocycles. The first-order valence-electron chi connectivity index (χ1n) is 9.01. The van der Waals surface area contributed by atoms with Crippen LogP contribution in [-0.4, -0.2) is 41.7 Å². The van der Waals surface area contributed by atoms with Crippen LogP contribution in [0.4, 0.5) is 5.69 Å². The zero-order valence-electron chi connectivity index (χ0n) is 15.9. The van der Waals surface area contributed by atoms with E-state index in [1.54, 1.807) is 31.2 Å². The summed E-state index contributed by atoms with van der Waals surface area (Å²) in [5.74, 6) is -4.22. The standard InChI is InChI=1S/C20H18ClNO7/c1-9-4-5-12(21)8-13(9)22-17(25)15-14-6-7-20(29-14,16(15)18(22)26)19(27-10(2)23)28-11(3)24/h4-8,14-16,19H,1-3H3/t14-,15-,16-,20+/m1/s1. The number of nitrogens with zero attached hydrogens (tertiary/aromatic N) is 1. The van der Waals surface area contributed by atoms with E-state index in [-0.39, 0.29) is 0 Å². The Morgan fingerprint density at radius 1 is 1.17 bits per heavy atom. The number of imide groups is 1. The molecule has 2 amide bonds. The summed E-state index contributed by atoms with van der Waals surface area (Å²) in [6.45, 7) is 4.07. The highest BCUT2D eigenvalue weighted by atomic mass is 35.5. The summed E-state index contributed by atoms with van der Waals surface area (Å²) in [6, 6.07) is 4.93. The van der Waals surface area contributed by atoms with E-state index in [1.165, 1.54) is 6.08 Å². The van der Waals surface area contributed by atoms with Crippen LogP contribution in [0.5, 0.6) is 0 Å². The van der Waals surface area contributed by atoms with E-state index in [4.69, 9.17) is 25.8 Å². The van der Waals surface area contributed by atoms with Crippen molar-refractivity contribution in [2.24, 2.45) is 11.8 Å². The first-order valence-corrected chi connectivity index (χ1v) is 9.39. The van der Waals surface area contributed by atoms with Gasteiger partial charge in [-0.25, -0.2) is 4.90 Å². The van der Waals surface area contributed by atoms with Crippen LogP contribution in [0.3, 0.4) is 0 Å². The molecule has 0 saturated carbocycles. The van der Waals surface area contributed by atoms with Gasteiger partial charge in [-0.15, -0.1) is 0 Å². The first-order chi connectivity index (χ1) is 13.7. The molecular formula is C20H18ClNO7. The summed E-state index contributed by atoms with van der Waals surface area (Å²) >= 11 is 6.07. The Morgan fingerprint density at radius 3 is 2.45 bits per heavy atom. The number of fused-ring (bicyclic) bond motifs is 5. The smallest absolute Gasteiger partial charge is 0.305 e. The largest absolute Gasteiger partial charge is 0.422 e. The number of hydrogen-bond acceptors (Lipinski definition) is 7. The zero-order chi connectivity index (χ0) is 21.1. The highest BCUT2D eigenvalue weighted by Crippen LogP contribution is 2.55. The van der Waals surface area contributed by atoms with Crippen molar-refractivity contribution < 1.29 is 33.4 Å². The van der Waals surface area contributed by atoms with Gasteiger partial charge >= 0.3 is 11.9 Å². The number of rotatable bonds is 4. The predicted octanol–water partition coefficient (Wildman–Crippen LogP) is 1.91. The molecule has 4 rings (SSSR count). The Balaban J connectivity index is 1.77. The SMILES string of the molecule is CC(=O)OC(OC(C)=O)[C@@]12C=C[C@@H](O1)[C@H]1C(=O)N(c3cc(Cl)ccc3C)C(=O)[C@@H]12. The number of anilines is 1. The molecule has 2 bridgehead atoms. The van der Waals surface area contributed by atoms with Crippen LogP contribution in [0.1, 0.15) is 19.4 Å². The van der Waals surface area contributed by atoms with Crippen LogP contribution in [0.2, 0.25) is 5.02 Å². The van der Waals surface area contributed by atoms with Crippen LogP contribution in [0, 0.1) is 18.8 Å². The summed E-state index contributed by atoms with van der Waals surface area (Å²) in [5, 5.41) is 0.382. The van der Waals surface area contributed by atoms with Crippen molar-refractivity contribution >= 4 is 41.0 Å². The second kappa shape index (κ2) is 6.67. The predicted molar refractivity (Wildman–Crippen MR) is 99.7 cm³/mol. The quantitative estimate of drug-likeness (QED) is 0.318. The van der Waals surface area contributed by atoms with Gasteiger partial charge in [0.2, 0.25) is 11.8 Å². The molecule has 0 aliphatic carbocycles. The van der Waals surface area contributed by atoms with E-state index in [0.717, 1.165) is 18.7 Å². The molecule has 3 heterocycles. The fraction of sp³-hybridized carbons (Fsp3) is 0.400. The third-order valence-electron chi connectivity index (χ3n) is 5.40. The minimum absolute atomic E-state index is 0.382. The van der Waals surface area contributed by atoms with E-state index in [0.29, 0.717) is 16.3 Å². The first kappa shape index (κ1) is 19.6. The second-order valence-corrected chi connectivity index (χ2v) is 7.73. The molecule has 0 aromatic heterocycles. The average molecular weight is 420 g/mol. The Bertz CT molecular complexity index is 958. The molecule has 0 spiro atoms. The fourth-order valence-electron chi connectivity index (χ4n) is 4.28. The van der Waals surface area contributed by atoms with Crippen molar-refractivity contribution in [1.29, 1.82) is 0 Å². The van der Waals surface area contributed by atoms with Gasteiger partial charge < -0.3 is 14.2 Å². The molecule has 9 heteroatoms. The maximum atomic E-state index is 13.4. The maximum Gasteiger partial charge on any atom is 0.305 e.